The Labute approximate surface area is 225 Å². The number of aromatic nitrogens is 2. The van der Waals surface area contributed by atoms with Crippen molar-refractivity contribution in [3.05, 3.63) is 28.6 Å². The highest BCUT2D eigenvalue weighted by atomic mass is 32.1. The molecule has 0 radical (unpaired) electrons. The van der Waals surface area contributed by atoms with Crippen LogP contribution in [-0.2, 0) is 19.0 Å². The van der Waals surface area contributed by atoms with Gasteiger partial charge in [0.1, 0.15) is 17.7 Å². The summed E-state index contributed by atoms with van der Waals surface area (Å²) in [6.45, 7) is 5.26. The van der Waals surface area contributed by atoms with Crippen LogP contribution >= 0.6 is 11.3 Å². The highest BCUT2D eigenvalue weighted by Crippen LogP contribution is 2.43. The summed E-state index contributed by atoms with van der Waals surface area (Å²) in [6, 6.07) is 2.58. The van der Waals surface area contributed by atoms with Crippen LogP contribution in [0.1, 0.15) is 38.9 Å². The van der Waals surface area contributed by atoms with Crippen LogP contribution in [0, 0.1) is 0 Å². The Balaban J connectivity index is 1.49. The van der Waals surface area contributed by atoms with Crippen molar-refractivity contribution >= 4 is 40.5 Å². The van der Waals surface area contributed by atoms with Crippen molar-refractivity contribution in [2.75, 3.05) is 31.7 Å². The molecule has 0 aliphatic carbocycles. The van der Waals surface area contributed by atoms with E-state index in [1.807, 2.05) is 4.90 Å². The van der Waals surface area contributed by atoms with Crippen LogP contribution in [0.5, 0.6) is 0 Å². The van der Waals surface area contributed by atoms with Crippen LogP contribution in [-0.4, -0.2) is 77.6 Å². The number of amides is 1. The molecule has 3 aromatic rings. The van der Waals surface area contributed by atoms with Crippen molar-refractivity contribution < 1.29 is 41.4 Å². The number of nitrogens with zero attached hydrogens (tertiary/aromatic N) is 4. The Morgan fingerprint density at radius 3 is 2.51 bits per heavy atom. The highest BCUT2D eigenvalue weighted by Gasteiger charge is 2.50. The molecule has 3 saturated heterocycles. The SMILES string of the molecule is COC(=O)COC(c1ccc(-c2cscn2)c2oc(N3CC4CC(C3)N4C(=O)OC(C)(C)C)nc12)C(F)(F)F. The van der Waals surface area contributed by atoms with E-state index in [0.29, 0.717) is 24.3 Å². The first-order valence-corrected chi connectivity index (χ1v) is 13.1. The zero-order chi connectivity index (χ0) is 28.1. The number of ether oxygens (including phenoxy) is 3. The van der Waals surface area contributed by atoms with Gasteiger partial charge in [0.2, 0.25) is 0 Å². The van der Waals surface area contributed by atoms with Crippen LogP contribution in [0.3, 0.4) is 0 Å². The second-order valence-corrected chi connectivity index (χ2v) is 11.1. The number of methoxy groups -OCH3 is 1. The maximum absolute atomic E-state index is 14.1. The smallest absolute Gasteiger partial charge is 0.418 e. The van der Waals surface area contributed by atoms with Crippen LogP contribution in [0.2, 0.25) is 0 Å². The van der Waals surface area contributed by atoms with Gasteiger partial charge in [0.25, 0.3) is 6.01 Å². The van der Waals surface area contributed by atoms with E-state index in [2.05, 4.69) is 14.7 Å². The van der Waals surface area contributed by atoms with Gasteiger partial charge in [-0.25, -0.2) is 14.6 Å². The number of benzene rings is 1. The first-order chi connectivity index (χ1) is 18.4. The molecule has 0 N–H and O–H groups in total. The largest absolute Gasteiger partial charge is 0.467 e. The van der Waals surface area contributed by atoms with Gasteiger partial charge in [0.05, 0.1) is 30.4 Å². The quantitative estimate of drug-likeness (QED) is 0.382. The maximum atomic E-state index is 14.1. The lowest BCUT2D eigenvalue weighted by Gasteiger charge is -2.55. The molecule has 1 aromatic carbocycles. The molecule has 3 aliphatic rings. The molecule has 6 rings (SSSR count). The Hall–Kier alpha value is -3.39. The van der Waals surface area contributed by atoms with Crippen LogP contribution in [0.15, 0.2) is 27.4 Å². The number of oxazole rings is 1. The summed E-state index contributed by atoms with van der Waals surface area (Å²) in [4.78, 5) is 36.4. The first kappa shape index (κ1) is 27.2. The molecule has 2 bridgehead atoms. The monoisotopic (exact) mass is 568 g/mol. The third-order valence-electron chi connectivity index (χ3n) is 6.52. The minimum absolute atomic E-state index is 0.0501. The van der Waals surface area contributed by atoms with Crippen LogP contribution in [0.25, 0.3) is 22.4 Å². The number of fused-ring (bicyclic) bond motifs is 3. The fourth-order valence-electron chi connectivity index (χ4n) is 4.86. The van der Waals surface area contributed by atoms with E-state index in [4.69, 9.17) is 13.9 Å². The Kier molecular flexibility index (Phi) is 6.95. The number of piperidine rings is 1. The van der Waals surface area contributed by atoms with Gasteiger partial charge in [-0.2, -0.15) is 18.2 Å². The molecule has 3 atom stereocenters. The second-order valence-electron chi connectivity index (χ2n) is 10.4. The molecule has 3 unspecified atom stereocenters. The number of carbonyl (C=O) groups excluding carboxylic acids is 2. The van der Waals surface area contributed by atoms with Gasteiger partial charge in [-0.05, 0) is 33.3 Å². The molecular formula is C25H27F3N4O6S. The maximum Gasteiger partial charge on any atom is 0.418 e. The number of piperazine rings is 1. The molecule has 210 valence electrons. The van der Waals surface area contributed by atoms with Crippen molar-refractivity contribution in [2.45, 2.75) is 57.2 Å². The molecule has 5 heterocycles. The third-order valence-corrected chi connectivity index (χ3v) is 7.10. The average molecular weight is 569 g/mol. The van der Waals surface area contributed by atoms with Gasteiger partial charge in [-0.3, -0.25) is 4.90 Å². The van der Waals surface area contributed by atoms with Crippen LogP contribution in [0.4, 0.5) is 24.0 Å². The van der Waals surface area contributed by atoms with Gasteiger partial charge >= 0.3 is 18.2 Å². The second kappa shape index (κ2) is 9.97. The number of halogens is 3. The summed E-state index contributed by atoms with van der Waals surface area (Å²) in [6.07, 6.45) is -6.91. The van der Waals surface area contributed by atoms with Crippen molar-refractivity contribution in [2.24, 2.45) is 0 Å². The van der Waals surface area contributed by atoms with Gasteiger partial charge in [-0.1, -0.05) is 6.07 Å². The van der Waals surface area contributed by atoms with Gasteiger partial charge < -0.3 is 23.5 Å². The summed E-state index contributed by atoms with van der Waals surface area (Å²) < 4.78 is 63.4. The van der Waals surface area contributed by atoms with Gasteiger partial charge in [0, 0.05) is 29.6 Å². The molecule has 39 heavy (non-hydrogen) atoms. The zero-order valence-electron chi connectivity index (χ0n) is 21.7. The summed E-state index contributed by atoms with van der Waals surface area (Å²) >= 11 is 1.33. The number of esters is 1. The topological polar surface area (TPSA) is 107 Å². The van der Waals surface area contributed by atoms with E-state index in [1.54, 1.807) is 36.6 Å². The minimum atomic E-state index is -4.84. The lowest BCUT2D eigenvalue weighted by Crippen LogP contribution is -2.70. The number of thiazole rings is 1. The van der Waals surface area contributed by atoms with Crippen molar-refractivity contribution in [3.63, 3.8) is 0 Å². The van der Waals surface area contributed by atoms with Crippen molar-refractivity contribution in [3.8, 4) is 11.3 Å². The molecule has 2 aromatic heterocycles. The van der Waals surface area contributed by atoms with Crippen molar-refractivity contribution in [1.29, 1.82) is 0 Å². The summed E-state index contributed by atoms with van der Waals surface area (Å²) in [5, 5.41) is 1.75. The number of alkyl halides is 3. The van der Waals surface area contributed by atoms with E-state index in [1.165, 1.54) is 23.5 Å². The van der Waals surface area contributed by atoms with Gasteiger partial charge in [-0.15, -0.1) is 11.3 Å². The number of anilines is 1. The summed E-state index contributed by atoms with van der Waals surface area (Å²) in [7, 11) is 1.06. The first-order valence-electron chi connectivity index (χ1n) is 12.2. The number of hydrogen-bond donors (Lipinski definition) is 0. The van der Waals surface area contributed by atoms with E-state index in [0.717, 1.165) is 13.5 Å². The predicted molar refractivity (Wildman–Crippen MR) is 134 cm³/mol. The normalized spacial score (nSPS) is 20.1. The molecule has 1 amide bonds. The lowest BCUT2D eigenvalue weighted by atomic mass is 9.88. The van der Waals surface area contributed by atoms with E-state index >= 15 is 0 Å². The minimum Gasteiger partial charge on any atom is -0.467 e. The zero-order valence-corrected chi connectivity index (χ0v) is 22.5. The number of hydrogen-bond acceptors (Lipinski definition) is 10. The standard InChI is InChI=1S/C25H27F3N4O6S/c1-24(2,3)38-23(34)32-13-7-14(32)9-31(8-13)22-30-19-16(21(25(26,27)28)36-10-18(33)35-4)6-5-15(20(19)37-22)17-11-39-12-29-17/h5-6,11-14,21H,7-10H2,1-4H3. The molecule has 0 saturated carbocycles. The lowest BCUT2D eigenvalue weighted by molar-refractivity contribution is -0.225. The fraction of sp³-hybridized carbons (Fsp3) is 0.520. The van der Waals surface area contributed by atoms with Gasteiger partial charge in [0.15, 0.2) is 11.7 Å². The van der Waals surface area contributed by atoms with Crippen molar-refractivity contribution in [1.82, 2.24) is 14.9 Å². The van der Waals surface area contributed by atoms with E-state index < -0.39 is 36.6 Å². The Morgan fingerprint density at radius 1 is 1.21 bits per heavy atom. The number of carbonyl (C=O) groups is 2. The molecule has 10 nitrogen and oxygen atoms in total. The summed E-state index contributed by atoms with van der Waals surface area (Å²) in [5.41, 5.74) is 1.74. The fourth-order valence-corrected chi connectivity index (χ4v) is 5.41. The van der Waals surface area contributed by atoms with E-state index in [9.17, 15) is 22.8 Å². The van der Waals surface area contributed by atoms with Crippen LogP contribution < -0.4 is 4.90 Å². The highest BCUT2D eigenvalue weighted by molar-refractivity contribution is 7.07. The predicted octanol–water partition coefficient (Wildman–Crippen LogP) is 4.94. The molecular weight excluding hydrogens is 541 g/mol. The molecule has 3 aliphatic heterocycles. The van der Waals surface area contributed by atoms with E-state index in [-0.39, 0.29) is 34.8 Å². The molecule has 3 fully saturated rings. The summed E-state index contributed by atoms with van der Waals surface area (Å²) in [5.74, 6) is -0.942. The Bertz CT molecular complexity index is 1360. The third kappa shape index (κ3) is 5.39. The Morgan fingerprint density at radius 2 is 1.92 bits per heavy atom. The average Bonchev–Trinajstić information content (AvgIpc) is 3.53. The molecule has 14 heteroatoms. The molecule has 0 spiro atoms. The number of rotatable bonds is 6.